The predicted molar refractivity (Wildman–Crippen MR) is 62.3 cm³/mol. The Morgan fingerprint density at radius 2 is 2.00 bits per heavy atom. The molecule has 0 bridgehead atoms. The molecule has 0 atom stereocenters. The van der Waals surface area contributed by atoms with Gasteiger partial charge in [0.2, 0.25) is 6.20 Å². The summed E-state index contributed by atoms with van der Waals surface area (Å²) >= 11 is 0. The van der Waals surface area contributed by atoms with Gasteiger partial charge in [0.25, 0.3) is 0 Å². The number of hydrogen-bond acceptors (Lipinski definition) is 4. The second-order valence-electron chi connectivity index (χ2n) is 3.61. The van der Waals surface area contributed by atoms with Gasteiger partial charge in [0.05, 0.1) is 17.6 Å². The van der Waals surface area contributed by atoms with Crippen molar-refractivity contribution in [1.29, 1.82) is 0 Å². The first kappa shape index (κ1) is 13.0. The molecular weight excluding hydrogens is 224 g/mol. The van der Waals surface area contributed by atoms with Crippen LogP contribution in [0.5, 0.6) is 0 Å². The van der Waals surface area contributed by atoms with E-state index in [0.29, 0.717) is 11.1 Å². The maximum atomic E-state index is 11.6. The smallest absolute Gasteiger partial charge is 0.340 e. The van der Waals surface area contributed by atoms with Gasteiger partial charge in [-0.25, -0.2) is 4.79 Å². The average Bonchev–Trinajstić information content (AvgIpc) is 2.50. The van der Waals surface area contributed by atoms with Crippen molar-refractivity contribution in [3.05, 3.63) is 38.8 Å². The third kappa shape index (κ3) is 2.35. The Morgan fingerprint density at radius 1 is 1.41 bits per heavy atom. The van der Waals surface area contributed by atoms with Crippen LogP contribution in [0.2, 0.25) is 0 Å². The van der Waals surface area contributed by atoms with Crippen LogP contribution in [0.25, 0.3) is 6.08 Å². The summed E-state index contributed by atoms with van der Waals surface area (Å²) in [6, 6.07) is 0. The first-order chi connectivity index (χ1) is 7.90. The molecule has 17 heavy (non-hydrogen) atoms. The molecule has 0 spiro atoms. The molecule has 0 fully saturated rings. The van der Waals surface area contributed by atoms with Crippen molar-refractivity contribution in [1.82, 2.24) is 4.57 Å². The molecule has 0 unspecified atom stereocenters. The fourth-order valence-corrected chi connectivity index (χ4v) is 1.67. The fraction of sp³-hybridized carbons (Fsp3) is 0.364. The summed E-state index contributed by atoms with van der Waals surface area (Å²) in [6.07, 6.45) is 2.13. The minimum atomic E-state index is -0.567. The Kier molecular flexibility index (Phi) is 3.67. The van der Waals surface area contributed by atoms with Gasteiger partial charge in [-0.1, -0.05) is 0 Å². The minimum absolute atomic E-state index is 0.366. The number of rotatable bonds is 3. The van der Waals surface area contributed by atoms with Crippen molar-refractivity contribution in [2.75, 3.05) is 7.11 Å². The summed E-state index contributed by atoms with van der Waals surface area (Å²) in [7, 11) is 3.08. The molecule has 0 N–H and O–H groups in total. The lowest BCUT2D eigenvalue weighted by Crippen LogP contribution is -2.04. The van der Waals surface area contributed by atoms with Gasteiger partial charge < -0.3 is 9.30 Å². The molecule has 0 amide bonds. The second-order valence-corrected chi connectivity index (χ2v) is 3.61. The molecule has 0 aliphatic heterocycles. The first-order valence-electron chi connectivity index (χ1n) is 4.96. The van der Waals surface area contributed by atoms with E-state index in [1.165, 1.54) is 13.2 Å². The Hall–Kier alpha value is -2.11. The van der Waals surface area contributed by atoms with Gasteiger partial charge >= 0.3 is 5.97 Å². The van der Waals surface area contributed by atoms with Crippen molar-refractivity contribution >= 4 is 12.0 Å². The fourth-order valence-electron chi connectivity index (χ4n) is 1.67. The first-order valence-corrected chi connectivity index (χ1v) is 4.96. The lowest BCUT2D eigenvalue weighted by atomic mass is 10.1. The van der Waals surface area contributed by atoms with Gasteiger partial charge in [-0.3, -0.25) is 10.1 Å². The molecule has 6 heteroatoms. The molecule has 1 rings (SSSR count). The minimum Gasteiger partial charge on any atom is -0.465 e. The van der Waals surface area contributed by atoms with Crippen LogP contribution in [-0.2, 0) is 11.8 Å². The number of aromatic nitrogens is 1. The van der Waals surface area contributed by atoms with E-state index >= 15 is 0 Å². The highest BCUT2D eigenvalue weighted by Crippen LogP contribution is 2.23. The number of nitro groups is 1. The van der Waals surface area contributed by atoms with Crippen molar-refractivity contribution in [2.24, 2.45) is 7.05 Å². The van der Waals surface area contributed by atoms with Crippen LogP contribution in [0.4, 0.5) is 0 Å². The van der Waals surface area contributed by atoms with Crippen molar-refractivity contribution < 1.29 is 14.5 Å². The zero-order valence-corrected chi connectivity index (χ0v) is 10.2. The summed E-state index contributed by atoms with van der Waals surface area (Å²) in [5.74, 6) is -0.491. The van der Waals surface area contributed by atoms with E-state index in [1.807, 2.05) is 0 Å². The summed E-state index contributed by atoms with van der Waals surface area (Å²) in [5, 5.41) is 10.3. The van der Waals surface area contributed by atoms with Crippen LogP contribution in [0, 0.1) is 24.0 Å². The lowest BCUT2D eigenvalue weighted by Gasteiger charge is -2.00. The standard InChI is InChI=1S/C11H14N2O4/c1-7-9(5-6-13(15)16)10(11(14)17-4)8(2)12(7)3/h5-6H,1-4H3/b6-5+. The normalized spacial score (nSPS) is 10.8. The summed E-state index contributed by atoms with van der Waals surface area (Å²) in [4.78, 5) is 21.4. The zero-order chi connectivity index (χ0) is 13.2. The topological polar surface area (TPSA) is 74.4 Å². The lowest BCUT2D eigenvalue weighted by molar-refractivity contribution is -0.400. The Balaban J connectivity index is 3.41. The number of ether oxygens (including phenoxy) is 1. The summed E-state index contributed by atoms with van der Waals surface area (Å²) < 4.78 is 6.47. The van der Waals surface area contributed by atoms with Crippen molar-refractivity contribution in [2.45, 2.75) is 13.8 Å². The molecule has 0 saturated heterocycles. The van der Waals surface area contributed by atoms with E-state index < -0.39 is 10.9 Å². The number of nitrogens with zero attached hydrogens (tertiary/aromatic N) is 2. The SMILES string of the molecule is COC(=O)c1c(/C=C/[N+](=O)[O-])c(C)n(C)c1C. The van der Waals surface area contributed by atoms with Crippen molar-refractivity contribution in [3.63, 3.8) is 0 Å². The molecule has 0 aliphatic rings. The number of esters is 1. The van der Waals surface area contributed by atoms with Gasteiger partial charge in [-0.2, -0.15) is 0 Å². The Bertz CT molecular complexity index is 500. The van der Waals surface area contributed by atoms with E-state index in [4.69, 9.17) is 0 Å². The number of carbonyl (C=O) groups is 1. The quantitative estimate of drug-likeness (QED) is 0.456. The van der Waals surface area contributed by atoms with Gasteiger partial charge in [-0.05, 0) is 13.8 Å². The van der Waals surface area contributed by atoms with Gasteiger partial charge in [-0.15, -0.1) is 0 Å². The van der Waals surface area contributed by atoms with Crippen LogP contribution in [0.3, 0.4) is 0 Å². The van der Waals surface area contributed by atoms with Crippen LogP contribution in [-0.4, -0.2) is 22.6 Å². The number of carbonyl (C=O) groups excluding carboxylic acids is 1. The predicted octanol–water partition coefficient (Wildman–Crippen LogP) is 1.68. The van der Waals surface area contributed by atoms with Gasteiger partial charge in [0.15, 0.2) is 0 Å². The van der Waals surface area contributed by atoms with Crippen LogP contribution < -0.4 is 0 Å². The molecule has 1 aromatic heterocycles. The maximum absolute atomic E-state index is 11.6. The van der Waals surface area contributed by atoms with E-state index in [0.717, 1.165) is 17.6 Å². The highest BCUT2D eigenvalue weighted by molar-refractivity contribution is 5.95. The van der Waals surface area contributed by atoms with E-state index in [2.05, 4.69) is 4.74 Å². The molecule has 0 aliphatic carbocycles. The molecule has 1 heterocycles. The van der Waals surface area contributed by atoms with Crippen molar-refractivity contribution in [3.8, 4) is 0 Å². The number of methoxy groups -OCH3 is 1. The molecule has 0 aromatic carbocycles. The van der Waals surface area contributed by atoms with Gasteiger partial charge in [0.1, 0.15) is 0 Å². The Labute approximate surface area is 98.6 Å². The largest absolute Gasteiger partial charge is 0.465 e. The average molecular weight is 238 g/mol. The highest BCUT2D eigenvalue weighted by atomic mass is 16.6. The molecule has 0 saturated carbocycles. The molecular formula is C11H14N2O4. The summed E-state index contributed by atoms with van der Waals surface area (Å²) in [6.45, 7) is 3.56. The van der Waals surface area contributed by atoms with E-state index in [-0.39, 0.29) is 0 Å². The molecule has 1 aromatic rings. The number of hydrogen-bond donors (Lipinski definition) is 0. The highest BCUT2D eigenvalue weighted by Gasteiger charge is 2.21. The summed E-state index contributed by atoms with van der Waals surface area (Å²) in [5.41, 5.74) is 2.39. The van der Waals surface area contributed by atoms with E-state index in [1.54, 1.807) is 25.5 Å². The Morgan fingerprint density at radius 3 is 2.47 bits per heavy atom. The van der Waals surface area contributed by atoms with E-state index in [9.17, 15) is 14.9 Å². The van der Waals surface area contributed by atoms with Gasteiger partial charge in [0, 0.05) is 30.1 Å². The maximum Gasteiger partial charge on any atom is 0.340 e. The zero-order valence-electron chi connectivity index (χ0n) is 10.2. The van der Waals surface area contributed by atoms with Crippen LogP contribution in [0.15, 0.2) is 6.20 Å². The monoisotopic (exact) mass is 238 g/mol. The second kappa shape index (κ2) is 4.82. The third-order valence-corrected chi connectivity index (χ3v) is 2.78. The third-order valence-electron chi connectivity index (χ3n) is 2.78. The molecule has 92 valence electrons. The molecule has 6 nitrogen and oxygen atoms in total. The van der Waals surface area contributed by atoms with Crippen LogP contribution >= 0.6 is 0 Å². The molecule has 0 radical (unpaired) electrons. The van der Waals surface area contributed by atoms with Crippen LogP contribution in [0.1, 0.15) is 27.3 Å².